The van der Waals surface area contributed by atoms with E-state index in [4.69, 9.17) is 18.0 Å². The van der Waals surface area contributed by atoms with Crippen molar-refractivity contribution in [3.05, 3.63) is 29.8 Å². The predicted molar refractivity (Wildman–Crippen MR) is 90.4 cm³/mol. The van der Waals surface area contributed by atoms with Crippen LogP contribution in [0.2, 0.25) is 0 Å². The predicted octanol–water partition coefficient (Wildman–Crippen LogP) is 2.38. The first kappa shape index (κ1) is 15.9. The summed E-state index contributed by atoms with van der Waals surface area (Å²) >= 11 is 4.91. The van der Waals surface area contributed by atoms with Gasteiger partial charge in [-0.15, -0.1) is 0 Å². The lowest BCUT2D eigenvalue weighted by Gasteiger charge is -2.25. The quantitative estimate of drug-likeness (QED) is 0.759. The third kappa shape index (κ3) is 5.10. The Morgan fingerprint density at radius 3 is 2.48 bits per heavy atom. The van der Waals surface area contributed by atoms with Crippen LogP contribution in [0.25, 0.3) is 0 Å². The first-order valence-corrected chi connectivity index (χ1v) is 7.80. The van der Waals surface area contributed by atoms with Gasteiger partial charge in [0.05, 0.1) is 6.54 Å². The lowest BCUT2D eigenvalue weighted by molar-refractivity contribution is -0.117. The van der Waals surface area contributed by atoms with Crippen molar-refractivity contribution < 1.29 is 4.79 Å². The van der Waals surface area contributed by atoms with Crippen molar-refractivity contribution in [3.63, 3.8) is 0 Å². The van der Waals surface area contributed by atoms with E-state index in [1.165, 1.54) is 12.8 Å². The Hall–Kier alpha value is -1.46. The van der Waals surface area contributed by atoms with Gasteiger partial charge in [-0.2, -0.15) is 0 Å². The average molecular weight is 305 g/mol. The Morgan fingerprint density at radius 1 is 1.38 bits per heavy atom. The number of amides is 1. The summed E-state index contributed by atoms with van der Waals surface area (Å²) in [6, 6.07) is 7.68. The molecule has 2 rings (SSSR count). The number of rotatable bonds is 7. The standard InChI is InChI=1S/C16H23N3OS/c1-11(2)19(9-12-3-4-12)10-15(20)18-14-7-5-13(6-8-14)16(17)21/h5-8,11-12H,3-4,9-10H2,1-2H3,(H2,17,21)(H,18,20). The van der Waals surface area contributed by atoms with Crippen LogP contribution in [0, 0.1) is 5.92 Å². The molecule has 0 unspecified atom stereocenters. The molecule has 1 amide bonds. The van der Waals surface area contributed by atoms with E-state index in [0.717, 1.165) is 23.7 Å². The van der Waals surface area contributed by atoms with Crippen molar-refractivity contribution in [1.29, 1.82) is 0 Å². The van der Waals surface area contributed by atoms with Gasteiger partial charge in [0.15, 0.2) is 0 Å². The summed E-state index contributed by atoms with van der Waals surface area (Å²) in [4.78, 5) is 14.7. The molecule has 1 fully saturated rings. The molecule has 1 aliphatic carbocycles. The zero-order valence-electron chi connectivity index (χ0n) is 12.6. The second-order valence-corrected chi connectivity index (χ2v) is 6.40. The third-order valence-electron chi connectivity index (χ3n) is 3.72. The fourth-order valence-electron chi connectivity index (χ4n) is 2.19. The fourth-order valence-corrected chi connectivity index (χ4v) is 2.33. The molecule has 0 bridgehead atoms. The first-order valence-electron chi connectivity index (χ1n) is 7.39. The molecule has 0 radical (unpaired) electrons. The summed E-state index contributed by atoms with van der Waals surface area (Å²) in [6.45, 7) is 5.72. The van der Waals surface area contributed by atoms with Crippen molar-refractivity contribution in [2.45, 2.75) is 32.7 Å². The summed E-state index contributed by atoms with van der Waals surface area (Å²) in [6.07, 6.45) is 2.59. The van der Waals surface area contributed by atoms with E-state index in [1.54, 1.807) is 0 Å². The van der Waals surface area contributed by atoms with E-state index >= 15 is 0 Å². The van der Waals surface area contributed by atoms with E-state index in [1.807, 2.05) is 24.3 Å². The highest BCUT2D eigenvalue weighted by molar-refractivity contribution is 7.80. The number of hydrogen-bond donors (Lipinski definition) is 2. The minimum Gasteiger partial charge on any atom is -0.389 e. The second kappa shape index (κ2) is 7.00. The topological polar surface area (TPSA) is 58.4 Å². The highest BCUT2D eigenvalue weighted by atomic mass is 32.1. The lowest BCUT2D eigenvalue weighted by Crippen LogP contribution is -2.39. The maximum atomic E-state index is 12.1. The summed E-state index contributed by atoms with van der Waals surface area (Å²) in [7, 11) is 0. The van der Waals surface area contributed by atoms with Crippen LogP contribution in [0.15, 0.2) is 24.3 Å². The Kier molecular flexibility index (Phi) is 5.31. The van der Waals surface area contributed by atoms with Crippen LogP contribution in [0.1, 0.15) is 32.3 Å². The van der Waals surface area contributed by atoms with Crippen LogP contribution in [-0.2, 0) is 4.79 Å². The van der Waals surface area contributed by atoms with Gasteiger partial charge in [-0.3, -0.25) is 9.69 Å². The van der Waals surface area contributed by atoms with Crippen molar-refractivity contribution in [1.82, 2.24) is 4.90 Å². The molecular weight excluding hydrogens is 282 g/mol. The van der Waals surface area contributed by atoms with Crippen molar-refractivity contribution in [2.75, 3.05) is 18.4 Å². The van der Waals surface area contributed by atoms with Gasteiger partial charge in [0.1, 0.15) is 4.99 Å². The molecule has 4 nitrogen and oxygen atoms in total. The maximum absolute atomic E-state index is 12.1. The number of benzene rings is 1. The summed E-state index contributed by atoms with van der Waals surface area (Å²) in [5.41, 5.74) is 7.13. The van der Waals surface area contributed by atoms with E-state index in [2.05, 4.69) is 24.1 Å². The third-order valence-corrected chi connectivity index (χ3v) is 3.96. The summed E-state index contributed by atoms with van der Waals surface area (Å²) < 4.78 is 0. The zero-order chi connectivity index (χ0) is 15.4. The molecule has 1 saturated carbocycles. The summed E-state index contributed by atoms with van der Waals surface area (Å²) in [5.74, 6) is 0.803. The van der Waals surface area contributed by atoms with Crippen molar-refractivity contribution in [2.24, 2.45) is 11.7 Å². The van der Waals surface area contributed by atoms with Gasteiger partial charge in [0.25, 0.3) is 0 Å². The molecular formula is C16H23N3OS. The van der Waals surface area contributed by atoms with Gasteiger partial charge in [-0.25, -0.2) is 0 Å². The Balaban J connectivity index is 1.88. The van der Waals surface area contributed by atoms with E-state index in [-0.39, 0.29) is 5.91 Å². The van der Waals surface area contributed by atoms with Crippen LogP contribution < -0.4 is 11.1 Å². The Labute approximate surface area is 131 Å². The fraction of sp³-hybridized carbons (Fsp3) is 0.500. The van der Waals surface area contributed by atoms with Gasteiger partial charge in [-0.1, -0.05) is 12.2 Å². The molecule has 1 aromatic carbocycles. The number of nitrogens with zero attached hydrogens (tertiary/aromatic N) is 1. The smallest absolute Gasteiger partial charge is 0.238 e. The van der Waals surface area contributed by atoms with Crippen LogP contribution >= 0.6 is 12.2 Å². The minimum atomic E-state index is 0.0208. The largest absolute Gasteiger partial charge is 0.389 e. The number of anilines is 1. The molecule has 0 heterocycles. The molecule has 0 aromatic heterocycles. The molecule has 0 spiro atoms. The number of hydrogen-bond acceptors (Lipinski definition) is 3. The minimum absolute atomic E-state index is 0.0208. The monoisotopic (exact) mass is 305 g/mol. The van der Waals surface area contributed by atoms with Gasteiger partial charge in [0.2, 0.25) is 5.91 Å². The van der Waals surface area contributed by atoms with Crippen LogP contribution in [-0.4, -0.2) is 34.9 Å². The normalized spacial score (nSPS) is 14.5. The SMILES string of the molecule is CC(C)N(CC(=O)Nc1ccc(C(N)=S)cc1)CC1CC1. The van der Waals surface area contributed by atoms with Gasteiger partial charge >= 0.3 is 0 Å². The maximum Gasteiger partial charge on any atom is 0.238 e. The molecule has 3 N–H and O–H groups in total. The van der Waals surface area contributed by atoms with E-state index in [0.29, 0.717) is 17.6 Å². The van der Waals surface area contributed by atoms with Crippen molar-refractivity contribution in [3.8, 4) is 0 Å². The summed E-state index contributed by atoms with van der Waals surface area (Å²) in [5, 5.41) is 2.92. The molecule has 1 aromatic rings. The molecule has 0 aliphatic heterocycles. The molecule has 0 atom stereocenters. The van der Waals surface area contributed by atoms with Crippen LogP contribution in [0.5, 0.6) is 0 Å². The second-order valence-electron chi connectivity index (χ2n) is 5.96. The molecule has 21 heavy (non-hydrogen) atoms. The zero-order valence-corrected chi connectivity index (χ0v) is 13.5. The molecule has 114 valence electrons. The molecule has 5 heteroatoms. The van der Waals surface area contributed by atoms with E-state index < -0.39 is 0 Å². The Bertz CT molecular complexity index is 509. The highest BCUT2D eigenvalue weighted by Gasteiger charge is 2.26. The number of carbonyl (C=O) groups excluding carboxylic acids is 1. The van der Waals surface area contributed by atoms with Crippen LogP contribution in [0.4, 0.5) is 5.69 Å². The highest BCUT2D eigenvalue weighted by Crippen LogP contribution is 2.30. The molecule has 1 aliphatic rings. The van der Waals surface area contributed by atoms with Crippen LogP contribution in [0.3, 0.4) is 0 Å². The Morgan fingerprint density at radius 2 is 2.00 bits per heavy atom. The van der Waals surface area contributed by atoms with Crippen molar-refractivity contribution >= 4 is 28.8 Å². The number of nitrogens with two attached hydrogens (primary N) is 1. The number of thiocarbonyl (C=S) groups is 1. The molecule has 0 saturated heterocycles. The van der Waals surface area contributed by atoms with Gasteiger partial charge in [0, 0.05) is 23.8 Å². The number of nitrogens with one attached hydrogen (secondary N) is 1. The van der Waals surface area contributed by atoms with Gasteiger partial charge in [-0.05, 0) is 56.9 Å². The number of carbonyl (C=O) groups is 1. The average Bonchev–Trinajstić information content (AvgIpc) is 3.22. The lowest BCUT2D eigenvalue weighted by atomic mass is 10.2. The van der Waals surface area contributed by atoms with E-state index in [9.17, 15) is 4.79 Å². The van der Waals surface area contributed by atoms with Gasteiger partial charge < -0.3 is 11.1 Å². The first-order chi connectivity index (χ1) is 9.95.